The first-order valence-corrected chi connectivity index (χ1v) is 9.69. The van der Waals surface area contributed by atoms with Gasteiger partial charge in [-0.05, 0) is 51.3 Å². The molecule has 0 radical (unpaired) electrons. The third kappa shape index (κ3) is 4.42. The SMILES string of the molecule is CCN(CC)c1ccc(CNC(=O)N[C@H]2CCN3CCCC[C@H]23)cn1. The number of hydrogen-bond acceptors (Lipinski definition) is 4. The number of rotatable bonds is 6. The van der Waals surface area contributed by atoms with Crippen molar-refractivity contribution < 1.29 is 4.79 Å². The van der Waals surface area contributed by atoms with Crippen LogP contribution in [0.3, 0.4) is 0 Å². The number of carbonyl (C=O) groups excluding carboxylic acids is 1. The highest BCUT2D eigenvalue weighted by Gasteiger charge is 2.36. The molecular weight excluding hydrogens is 314 g/mol. The van der Waals surface area contributed by atoms with E-state index in [1.165, 1.54) is 25.8 Å². The summed E-state index contributed by atoms with van der Waals surface area (Å²) in [6.07, 6.45) is 6.71. The topological polar surface area (TPSA) is 60.5 Å². The summed E-state index contributed by atoms with van der Waals surface area (Å²) < 4.78 is 0. The van der Waals surface area contributed by atoms with Crippen LogP contribution in [0.25, 0.3) is 0 Å². The van der Waals surface area contributed by atoms with Crippen molar-refractivity contribution in [2.45, 2.75) is 58.2 Å². The molecule has 2 saturated heterocycles. The Morgan fingerprint density at radius 3 is 2.80 bits per heavy atom. The van der Waals surface area contributed by atoms with E-state index >= 15 is 0 Å². The molecule has 2 aliphatic rings. The lowest BCUT2D eigenvalue weighted by Crippen LogP contribution is -2.49. The molecule has 25 heavy (non-hydrogen) atoms. The van der Waals surface area contributed by atoms with Crippen molar-refractivity contribution in [2.75, 3.05) is 31.1 Å². The van der Waals surface area contributed by atoms with E-state index in [1.807, 2.05) is 18.3 Å². The lowest BCUT2D eigenvalue weighted by Gasteiger charge is -2.32. The first kappa shape index (κ1) is 18.0. The lowest BCUT2D eigenvalue weighted by atomic mass is 9.99. The first-order chi connectivity index (χ1) is 12.2. The van der Waals surface area contributed by atoms with Gasteiger partial charge in [0.25, 0.3) is 0 Å². The van der Waals surface area contributed by atoms with E-state index in [0.717, 1.165) is 37.4 Å². The predicted octanol–water partition coefficient (Wildman–Crippen LogP) is 2.35. The van der Waals surface area contributed by atoms with Crippen LogP contribution in [0.15, 0.2) is 18.3 Å². The average Bonchev–Trinajstić information content (AvgIpc) is 3.05. The molecular formula is C19H31N5O. The second-order valence-electron chi connectivity index (χ2n) is 7.02. The summed E-state index contributed by atoms with van der Waals surface area (Å²) in [5.74, 6) is 0.988. The number of nitrogens with zero attached hydrogens (tertiary/aromatic N) is 3. The highest BCUT2D eigenvalue weighted by atomic mass is 16.2. The third-order valence-corrected chi connectivity index (χ3v) is 5.52. The molecule has 1 aromatic rings. The molecule has 0 bridgehead atoms. The average molecular weight is 345 g/mol. The summed E-state index contributed by atoms with van der Waals surface area (Å²) in [7, 11) is 0. The van der Waals surface area contributed by atoms with E-state index in [4.69, 9.17) is 0 Å². The molecule has 2 fully saturated rings. The van der Waals surface area contributed by atoms with Gasteiger partial charge in [-0.3, -0.25) is 4.90 Å². The van der Waals surface area contributed by atoms with Gasteiger partial charge in [-0.2, -0.15) is 0 Å². The summed E-state index contributed by atoms with van der Waals surface area (Å²) in [5.41, 5.74) is 1.02. The zero-order valence-corrected chi connectivity index (χ0v) is 15.5. The number of hydrogen-bond donors (Lipinski definition) is 2. The number of fused-ring (bicyclic) bond motifs is 1. The maximum atomic E-state index is 12.2. The highest BCUT2D eigenvalue weighted by Crippen LogP contribution is 2.27. The molecule has 0 unspecified atom stereocenters. The monoisotopic (exact) mass is 345 g/mol. The van der Waals surface area contributed by atoms with Crippen molar-refractivity contribution in [2.24, 2.45) is 0 Å². The van der Waals surface area contributed by atoms with Gasteiger partial charge in [0.15, 0.2) is 0 Å². The summed E-state index contributed by atoms with van der Waals surface area (Å²) in [6.45, 7) is 8.97. The Hall–Kier alpha value is -1.82. The fourth-order valence-electron chi connectivity index (χ4n) is 4.07. The second-order valence-corrected chi connectivity index (χ2v) is 7.02. The number of amides is 2. The molecule has 0 aromatic carbocycles. The molecule has 1 aromatic heterocycles. The van der Waals surface area contributed by atoms with E-state index in [0.29, 0.717) is 18.6 Å². The van der Waals surface area contributed by atoms with Crippen LogP contribution in [0.1, 0.15) is 45.1 Å². The van der Waals surface area contributed by atoms with Gasteiger partial charge >= 0.3 is 6.03 Å². The van der Waals surface area contributed by atoms with Gasteiger partial charge in [0.2, 0.25) is 0 Å². The Morgan fingerprint density at radius 1 is 1.24 bits per heavy atom. The zero-order chi connectivity index (χ0) is 17.6. The number of carbonyl (C=O) groups is 1. The smallest absolute Gasteiger partial charge is 0.315 e. The van der Waals surface area contributed by atoms with E-state index in [-0.39, 0.29) is 6.03 Å². The molecule has 3 rings (SSSR count). The largest absolute Gasteiger partial charge is 0.357 e. The zero-order valence-electron chi connectivity index (χ0n) is 15.5. The Morgan fingerprint density at radius 2 is 2.08 bits per heavy atom. The molecule has 2 aliphatic heterocycles. The fraction of sp³-hybridized carbons (Fsp3) is 0.684. The van der Waals surface area contributed by atoms with Crippen LogP contribution in [0.4, 0.5) is 10.6 Å². The second kappa shape index (κ2) is 8.52. The molecule has 6 heteroatoms. The van der Waals surface area contributed by atoms with Crippen LogP contribution in [-0.2, 0) is 6.54 Å². The summed E-state index contributed by atoms with van der Waals surface area (Å²) in [4.78, 5) is 21.5. The molecule has 0 saturated carbocycles. The summed E-state index contributed by atoms with van der Waals surface area (Å²) >= 11 is 0. The lowest BCUT2D eigenvalue weighted by molar-refractivity contribution is 0.179. The minimum atomic E-state index is -0.0646. The molecule has 2 atom stereocenters. The summed E-state index contributed by atoms with van der Waals surface area (Å²) in [6, 6.07) is 4.83. The maximum absolute atomic E-state index is 12.2. The number of piperidine rings is 1. The normalized spacial score (nSPS) is 23.1. The highest BCUT2D eigenvalue weighted by molar-refractivity contribution is 5.74. The van der Waals surface area contributed by atoms with Gasteiger partial charge in [-0.25, -0.2) is 9.78 Å². The number of pyridine rings is 1. The standard InChI is InChI=1S/C19H31N5O/c1-3-23(4-2)18-9-8-15(13-20-18)14-21-19(25)22-16-10-12-24-11-6-5-7-17(16)24/h8-9,13,16-17H,3-7,10-12,14H2,1-2H3,(H2,21,22,25)/t16-,17+/m0/s1. The van der Waals surface area contributed by atoms with Gasteiger partial charge in [0.05, 0.1) is 0 Å². The minimum absolute atomic E-state index is 0.0646. The molecule has 3 heterocycles. The Kier molecular flexibility index (Phi) is 6.13. The van der Waals surface area contributed by atoms with Gasteiger partial charge in [0.1, 0.15) is 5.82 Å². The van der Waals surface area contributed by atoms with Crippen molar-refractivity contribution in [3.05, 3.63) is 23.9 Å². The van der Waals surface area contributed by atoms with Crippen LogP contribution in [-0.4, -0.2) is 54.2 Å². The van der Waals surface area contributed by atoms with Crippen LogP contribution in [0.5, 0.6) is 0 Å². The van der Waals surface area contributed by atoms with Gasteiger partial charge in [-0.15, -0.1) is 0 Å². The quantitative estimate of drug-likeness (QED) is 0.831. The number of nitrogens with one attached hydrogen (secondary N) is 2. The fourth-order valence-corrected chi connectivity index (χ4v) is 4.07. The van der Waals surface area contributed by atoms with E-state index in [9.17, 15) is 4.79 Å². The van der Waals surface area contributed by atoms with E-state index in [2.05, 4.69) is 39.3 Å². The Labute approximate surface area is 151 Å². The van der Waals surface area contributed by atoms with Crippen molar-refractivity contribution in [1.82, 2.24) is 20.5 Å². The number of aromatic nitrogens is 1. The van der Waals surface area contributed by atoms with E-state index < -0.39 is 0 Å². The number of urea groups is 1. The molecule has 2 N–H and O–H groups in total. The van der Waals surface area contributed by atoms with Gasteiger partial charge in [0, 0.05) is 44.5 Å². The summed E-state index contributed by atoms with van der Waals surface area (Å²) in [5, 5.41) is 6.15. The Bertz CT molecular complexity index is 557. The van der Waals surface area contributed by atoms with Crippen molar-refractivity contribution in [3.8, 4) is 0 Å². The molecule has 2 amide bonds. The predicted molar refractivity (Wildman–Crippen MR) is 101 cm³/mol. The van der Waals surface area contributed by atoms with Crippen LogP contribution < -0.4 is 15.5 Å². The Balaban J connectivity index is 1.46. The van der Waals surface area contributed by atoms with Gasteiger partial charge in [-0.1, -0.05) is 12.5 Å². The van der Waals surface area contributed by atoms with Crippen molar-refractivity contribution >= 4 is 11.8 Å². The third-order valence-electron chi connectivity index (χ3n) is 5.52. The molecule has 138 valence electrons. The molecule has 0 spiro atoms. The maximum Gasteiger partial charge on any atom is 0.315 e. The molecule has 6 nitrogen and oxygen atoms in total. The van der Waals surface area contributed by atoms with Crippen molar-refractivity contribution in [1.29, 1.82) is 0 Å². The van der Waals surface area contributed by atoms with Crippen molar-refractivity contribution in [3.63, 3.8) is 0 Å². The van der Waals surface area contributed by atoms with Gasteiger partial charge < -0.3 is 15.5 Å². The first-order valence-electron chi connectivity index (χ1n) is 9.69. The molecule has 0 aliphatic carbocycles. The van der Waals surface area contributed by atoms with E-state index in [1.54, 1.807) is 0 Å². The van der Waals surface area contributed by atoms with Crippen LogP contribution >= 0.6 is 0 Å². The number of anilines is 1. The van der Waals surface area contributed by atoms with Crippen LogP contribution in [0, 0.1) is 0 Å². The van der Waals surface area contributed by atoms with Crippen LogP contribution in [0.2, 0.25) is 0 Å². The minimum Gasteiger partial charge on any atom is -0.357 e.